The highest BCUT2D eigenvalue weighted by Crippen LogP contribution is 2.33. The fourth-order valence-corrected chi connectivity index (χ4v) is 3.42. The largest absolute Gasteiger partial charge is 0.348 e. The van der Waals surface area contributed by atoms with E-state index < -0.39 is 0 Å². The van der Waals surface area contributed by atoms with Gasteiger partial charge in [-0.1, -0.05) is 56.3 Å². The lowest BCUT2D eigenvalue weighted by molar-refractivity contribution is 0.168. The Bertz CT molecular complexity index is 844. The molecule has 5 heteroatoms. The Balaban J connectivity index is 1.65. The first-order chi connectivity index (χ1) is 12.0. The van der Waals surface area contributed by atoms with Crippen molar-refractivity contribution in [3.05, 3.63) is 71.6 Å². The van der Waals surface area contributed by atoms with E-state index in [0.717, 1.165) is 18.9 Å². The van der Waals surface area contributed by atoms with Gasteiger partial charge in [0.25, 0.3) is 0 Å². The van der Waals surface area contributed by atoms with Gasteiger partial charge in [0, 0.05) is 30.4 Å². The van der Waals surface area contributed by atoms with Gasteiger partial charge in [0.2, 0.25) is 5.89 Å². The number of benzene rings is 1. The fraction of sp³-hybridized carbons (Fsp3) is 0.400. The van der Waals surface area contributed by atoms with E-state index >= 15 is 0 Å². The van der Waals surface area contributed by atoms with Gasteiger partial charge in [-0.3, -0.25) is 4.90 Å². The SMILES string of the molecule is CC(C)(C)c1nc(CN2CCn3cccc3[C@H]2c2ccccc2)no1. The molecule has 130 valence electrons. The number of rotatable bonds is 3. The highest BCUT2D eigenvalue weighted by atomic mass is 16.5. The summed E-state index contributed by atoms with van der Waals surface area (Å²) in [6.45, 7) is 8.89. The molecule has 0 unspecified atom stereocenters. The van der Waals surface area contributed by atoms with Crippen molar-refractivity contribution in [1.82, 2.24) is 19.6 Å². The summed E-state index contributed by atoms with van der Waals surface area (Å²) in [7, 11) is 0. The molecule has 2 aromatic heterocycles. The van der Waals surface area contributed by atoms with E-state index in [1.165, 1.54) is 11.3 Å². The summed E-state index contributed by atoms with van der Waals surface area (Å²) in [6.07, 6.45) is 2.16. The van der Waals surface area contributed by atoms with Crippen LogP contribution in [0, 0.1) is 0 Å². The molecule has 0 saturated heterocycles. The Kier molecular flexibility index (Phi) is 3.96. The predicted molar refractivity (Wildman–Crippen MR) is 96.1 cm³/mol. The lowest BCUT2D eigenvalue weighted by Gasteiger charge is -2.36. The zero-order valence-electron chi connectivity index (χ0n) is 15.0. The van der Waals surface area contributed by atoms with Gasteiger partial charge >= 0.3 is 0 Å². The van der Waals surface area contributed by atoms with Crippen LogP contribution in [0.2, 0.25) is 0 Å². The molecule has 25 heavy (non-hydrogen) atoms. The van der Waals surface area contributed by atoms with Crippen molar-refractivity contribution in [3.8, 4) is 0 Å². The van der Waals surface area contributed by atoms with Crippen LogP contribution >= 0.6 is 0 Å². The van der Waals surface area contributed by atoms with Crippen LogP contribution in [-0.4, -0.2) is 26.2 Å². The molecule has 0 amide bonds. The maximum Gasteiger partial charge on any atom is 0.232 e. The Hall–Kier alpha value is -2.40. The minimum Gasteiger partial charge on any atom is -0.348 e. The molecule has 0 spiro atoms. The molecule has 3 aromatic rings. The molecular formula is C20H24N4O. The van der Waals surface area contributed by atoms with Gasteiger partial charge in [0.1, 0.15) is 0 Å². The van der Waals surface area contributed by atoms with Crippen LogP contribution in [0.5, 0.6) is 0 Å². The topological polar surface area (TPSA) is 47.1 Å². The smallest absolute Gasteiger partial charge is 0.232 e. The zero-order valence-corrected chi connectivity index (χ0v) is 15.0. The molecule has 0 saturated carbocycles. The summed E-state index contributed by atoms with van der Waals surface area (Å²) in [6, 6.07) is 15.2. The monoisotopic (exact) mass is 336 g/mol. The van der Waals surface area contributed by atoms with Crippen molar-refractivity contribution in [2.75, 3.05) is 6.54 Å². The molecule has 3 heterocycles. The van der Waals surface area contributed by atoms with Crippen LogP contribution in [0.1, 0.15) is 49.8 Å². The molecule has 0 fully saturated rings. The summed E-state index contributed by atoms with van der Waals surface area (Å²) in [5.41, 5.74) is 2.49. The Morgan fingerprint density at radius 3 is 2.60 bits per heavy atom. The lowest BCUT2D eigenvalue weighted by atomic mass is 9.97. The van der Waals surface area contributed by atoms with Gasteiger partial charge in [-0.05, 0) is 17.7 Å². The summed E-state index contributed by atoms with van der Waals surface area (Å²) in [4.78, 5) is 7.05. The number of fused-ring (bicyclic) bond motifs is 1. The highest BCUT2D eigenvalue weighted by Gasteiger charge is 2.30. The molecule has 0 N–H and O–H groups in total. The number of nitrogens with zero attached hydrogens (tertiary/aromatic N) is 4. The maximum atomic E-state index is 5.47. The van der Waals surface area contributed by atoms with Crippen molar-refractivity contribution in [1.29, 1.82) is 0 Å². The fourth-order valence-electron chi connectivity index (χ4n) is 3.42. The molecule has 5 nitrogen and oxygen atoms in total. The van der Waals surface area contributed by atoms with E-state index in [9.17, 15) is 0 Å². The maximum absolute atomic E-state index is 5.47. The second-order valence-electron chi connectivity index (χ2n) is 7.68. The van der Waals surface area contributed by atoms with E-state index in [4.69, 9.17) is 4.52 Å². The number of aromatic nitrogens is 3. The Morgan fingerprint density at radius 1 is 1.08 bits per heavy atom. The molecule has 0 aliphatic carbocycles. The lowest BCUT2D eigenvalue weighted by Crippen LogP contribution is -2.38. The van der Waals surface area contributed by atoms with Gasteiger partial charge in [-0.2, -0.15) is 4.98 Å². The third kappa shape index (κ3) is 3.12. The van der Waals surface area contributed by atoms with Crippen molar-refractivity contribution >= 4 is 0 Å². The molecule has 1 aliphatic rings. The van der Waals surface area contributed by atoms with E-state index in [-0.39, 0.29) is 11.5 Å². The standard InChI is InChI=1S/C20H24N4O/c1-20(2,3)19-21-17(22-25-19)14-24-13-12-23-11-7-10-16(23)18(24)15-8-5-4-6-9-15/h4-11,18H,12-14H2,1-3H3/t18-/m1/s1. The van der Waals surface area contributed by atoms with Crippen LogP contribution in [0.15, 0.2) is 53.2 Å². The number of hydrogen-bond donors (Lipinski definition) is 0. The number of hydrogen-bond acceptors (Lipinski definition) is 4. The molecule has 1 aromatic carbocycles. The minimum absolute atomic E-state index is 0.124. The molecule has 1 aliphatic heterocycles. The predicted octanol–water partition coefficient (Wildman–Crippen LogP) is 3.77. The average Bonchev–Trinajstić information content (AvgIpc) is 3.24. The molecule has 1 atom stereocenters. The third-order valence-corrected chi connectivity index (χ3v) is 4.71. The Morgan fingerprint density at radius 2 is 1.88 bits per heavy atom. The van der Waals surface area contributed by atoms with Gasteiger partial charge in [0.05, 0.1) is 12.6 Å². The van der Waals surface area contributed by atoms with Crippen molar-refractivity contribution < 1.29 is 4.52 Å². The van der Waals surface area contributed by atoms with Gasteiger partial charge < -0.3 is 9.09 Å². The molecular weight excluding hydrogens is 312 g/mol. The summed E-state index contributed by atoms with van der Waals surface area (Å²) < 4.78 is 7.81. The second kappa shape index (κ2) is 6.15. The average molecular weight is 336 g/mol. The third-order valence-electron chi connectivity index (χ3n) is 4.71. The van der Waals surface area contributed by atoms with E-state index in [0.29, 0.717) is 12.4 Å². The van der Waals surface area contributed by atoms with Crippen LogP contribution in [0.3, 0.4) is 0 Å². The first-order valence-electron chi connectivity index (χ1n) is 8.79. The summed E-state index contributed by atoms with van der Waals surface area (Å²) in [5.74, 6) is 1.45. The van der Waals surface area contributed by atoms with Gasteiger partial charge in [-0.15, -0.1) is 0 Å². The van der Waals surface area contributed by atoms with Crippen LogP contribution in [0.4, 0.5) is 0 Å². The first-order valence-corrected chi connectivity index (χ1v) is 8.79. The quantitative estimate of drug-likeness (QED) is 0.730. The highest BCUT2D eigenvalue weighted by molar-refractivity contribution is 5.30. The molecule has 4 rings (SSSR count). The van der Waals surface area contributed by atoms with Gasteiger partial charge in [0.15, 0.2) is 5.82 Å². The van der Waals surface area contributed by atoms with Crippen molar-refractivity contribution in [2.24, 2.45) is 0 Å². The van der Waals surface area contributed by atoms with Crippen molar-refractivity contribution in [2.45, 2.75) is 45.3 Å². The van der Waals surface area contributed by atoms with Crippen LogP contribution in [0.25, 0.3) is 0 Å². The molecule has 0 radical (unpaired) electrons. The van der Waals surface area contributed by atoms with Gasteiger partial charge in [-0.25, -0.2) is 0 Å². The zero-order chi connectivity index (χ0) is 17.4. The van der Waals surface area contributed by atoms with E-state index in [1.54, 1.807) is 0 Å². The Labute approximate surface area is 148 Å². The van der Waals surface area contributed by atoms with Crippen LogP contribution in [-0.2, 0) is 18.5 Å². The molecule has 0 bridgehead atoms. The second-order valence-corrected chi connectivity index (χ2v) is 7.68. The van der Waals surface area contributed by atoms with Crippen molar-refractivity contribution in [3.63, 3.8) is 0 Å². The first kappa shape index (κ1) is 16.1. The summed E-state index contributed by atoms with van der Waals surface area (Å²) in [5, 5.41) is 4.21. The summed E-state index contributed by atoms with van der Waals surface area (Å²) >= 11 is 0. The van der Waals surface area contributed by atoms with E-state index in [2.05, 4.69) is 89.0 Å². The minimum atomic E-state index is -0.124. The normalized spacial score (nSPS) is 18.3. The van der Waals surface area contributed by atoms with E-state index in [1.807, 2.05) is 0 Å². The van der Waals surface area contributed by atoms with Crippen LogP contribution < -0.4 is 0 Å².